The molecule has 0 bridgehead atoms. The Balaban J connectivity index is 2.12. The Morgan fingerprint density at radius 2 is 1.48 bits per heavy atom. The third-order valence-corrected chi connectivity index (χ3v) is 4.57. The van der Waals surface area contributed by atoms with E-state index in [0.29, 0.717) is 5.92 Å². The SMILES string of the molecule is Cc1cc(C)c(NC(=O)[C@H](C)N[C@H](c2ccccc2)C(C)C)c(C)c1. The van der Waals surface area contributed by atoms with E-state index in [0.717, 1.165) is 16.8 Å². The summed E-state index contributed by atoms with van der Waals surface area (Å²) >= 11 is 0. The van der Waals surface area contributed by atoms with Crippen LogP contribution in [0.4, 0.5) is 5.69 Å². The quantitative estimate of drug-likeness (QED) is 0.784. The summed E-state index contributed by atoms with van der Waals surface area (Å²) < 4.78 is 0. The number of hydrogen-bond donors (Lipinski definition) is 2. The minimum atomic E-state index is -0.285. The van der Waals surface area contributed by atoms with Crippen molar-refractivity contribution in [2.24, 2.45) is 5.92 Å². The Labute approximate surface area is 151 Å². The van der Waals surface area contributed by atoms with Gasteiger partial charge in [-0.15, -0.1) is 0 Å². The number of aryl methyl sites for hydroxylation is 3. The fourth-order valence-electron chi connectivity index (χ4n) is 3.29. The monoisotopic (exact) mass is 338 g/mol. The van der Waals surface area contributed by atoms with Crippen LogP contribution in [0.25, 0.3) is 0 Å². The number of hydrogen-bond acceptors (Lipinski definition) is 2. The maximum atomic E-state index is 12.7. The molecule has 0 unspecified atom stereocenters. The largest absolute Gasteiger partial charge is 0.324 e. The van der Waals surface area contributed by atoms with E-state index in [1.54, 1.807) is 0 Å². The topological polar surface area (TPSA) is 41.1 Å². The van der Waals surface area contributed by atoms with Crippen molar-refractivity contribution < 1.29 is 4.79 Å². The Morgan fingerprint density at radius 1 is 0.920 bits per heavy atom. The van der Waals surface area contributed by atoms with E-state index in [4.69, 9.17) is 0 Å². The number of rotatable bonds is 6. The van der Waals surface area contributed by atoms with Crippen LogP contribution in [0.3, 0.4) is 0 Å². The molecule has 0 aliphatic carbocycles. The molecule has 2 N–H and O–H groups in total. The number of carbonyl (C=O) groups is 1. The molecule has 0 saturated carbocycles. The van der Waals surface area contributed by atoms with Gasteiger partial charge in [0.05, 0.1) is 6.04 Å². The summed E-state index contributed by atoms with van der Waals surface area (Å²) in [5.41, 5.74) is 5.54. The van der Waals surface area contributed by atoms with Crippen molar-refractivity contribution in [3.8, 4) is 0 Å². The van der Waals surface area contributed by atoms with Crippen LogP contribution in [0.1, 0.15) is 49.1 Å². The van der Waals surface area contributed by atoms with Crippen molar-refractivity contribution in [1.29, 1.82) is 0 Å². The molecule has 0 aromatic heterocycles. The van der Waals surface area contributed by atoms with Gasteiger partial charge in [-0.3, -0.25) is 10.1 Å². The molecule has 3 nitrogen and oxygen atoms in total. The second-order valence-corrected chi connectivity index (χ2v) is 7.28. The number of anilines is 1. The zero-order valence-electron chi connectivity index (χ0n) is 16.2. The molecule has 3 heteroatoms. The lowest BCUT2D eigenvalue weighted by molar-refractivity contribution is -0.118. The summed E-state index contributed by atoms with van der Waals surface area (Å²) in [6.07, 6.45) is 0. The number of amides is 1. The van der Waals surface area contributed by atoms with Gasteiger partial charge in [-0.05, 0) is 50.3 Å². The van der Waals surface area contributed by atoms with Crippen molar-refractivity contribution in [2.75, 3.05) is 5.32 Å². The Bertz CT molecular complexity index is 699. The standard InChI is InChI=1S/C22H30N2O/c1-14(2)20(19-10-8-7-9-11-19)23-18(6)22(25)24-21-16(4)12-15(3)13-17(21)5/h7-14,18,20,23H,1-6H3,(H,24,25)/t18-,20-/m0/s1. The van der Waals surface area contributed by atoms with Crippen LogP contribution >= 0.6 is 0 Å². The molecule has 2 aromatic carbocycles. The second-order valence-electron chi connectivity index (χ2n) is 7.28. The Hall–Kier alpha value is -2.13. The lowest BCUT2D eigenvalue weighted by atomic mass is 9.95. The second kappa shape index (κ2) is 8.30. The minimum Gasteiger partial charge on any atom is -0.324 e. The molecule has 134 valence electrons. The van der Waals surface area contributed by atoms with Crippen molar-refractivity contribution in [3.05, 3.63) is 64.7 Å². The van der Waals surface area contributed by atoms with Gasteiger partial charge in [-0.2, -0.15) is 0 Å². The fourth-order valence-corrected chi connectivity index (χ4v) is 3.29. The molecule has 2 aromatic rings. The predicted molar refractivity (Wildman–Crippen MR) is 106 cm³/mol. The molecule has 0 aliphatic rings. The molecule has 0 saturated heterocycles. The first-order valence-corrected chi connectivity index (χ1v) is 8.99. The molecular weight excluding hydrogens is 308 g/mol. The maximum Gasteiger partial charge on any atom is 0.241 e. The molecule has 0 radical (unpaired) electrons. The van der Waals surface area contributed by atoms with Crippen LogP contribution < -0.4 is 10.6 Å². The van der Waals surface area contributed by atoms with E-state index < -0.39 is 0 Å². The predicted octanol–water partition coefficient (Wildman–Crippen LogP) is 4.93. The molecule has 0 heterocycles. The molecule has 0 fully saturated rings. The molecular formula is C22H30N2O. The highest BCUT2D eigenvalue weighted by molar-refractivity contribution is 5.96. The smallest absolute Gasteiger partial charge is 0.241 e. The lowest BCUT2D eigenvalue weighted by Crippen LogP contribution is -2.42. The summed E-state index contributed by atoms with van der Waals surface area (Å²) in [4.78, 5) is 12.7. The van der Waals surface area contributed by atoms with E-state index in [2.05, 4.69) is 55.7 Å². The molecule has 2 rings (SSSR count). The van der Waals surface area contributed by atoms with Crippen molar-refractivity contribution in [3.63, 3.8) is 0 Å². The van der Waals surface area contributed by atoms with Crippen LogP contribution in [0.2, 0.25) is 0 Å². The van der Waals surface area contributed by atoms with Crippen molar-refractivity contribution in [2.45, 2.75) is 53.6 Å². The van der Waals surface area contributed by atoms with Gasteiger partial charge in [-0.1, -0.05) is 61.9 Å². The van der Waals surface area contributed by atoms with E-state index in [1.165, 1.54) is 11.1 Å². The molecule has 25 heavy (non-hydrogen) atoms. The van der Waals surface area contributed by atoms with Crippen LogP contribution in [0.15, 0.2) is 42.5 Å². The summed E-state index contributed by atoms with van der Waals surface area (Å²) in [6.45, 7) is 12.4. The summed E-state index contributed by atoms with van der Waals surface area (Å²) in [6, 6.07) is 14.4. The zero-order chi connectivity index (χ0) is 18.6. The van der Waals surface area contributed by atoms with Gasteiger partial charge in [-0.25, -0.2) is 0 Å². The average molecular weight is 338 g/mol. The van der Waals surface area contributed by atoms with Crippen molar-refractivity contribution in [1.82, 2.24) is 5.32 Å². The highest BCUT2D eigenvalue weighted by Gasteiger charge is 2.22. The zero-order valence-corrected chi connectivity index (χ0v) is 16.2. The van der Waals surface area contributed by atoms with Gasteiger partial charge in [0.15, 0.2) is 0 Å². The van der Waals surface area contributed by atoms with E-state index in [9.17, 15) is 4.79 Å². The van der Waals surface area contributed by atoms with Gasteiger partial charge in [0, 0.05) is 11.7 Å². The third-order valence-electron chi connectivity index (χ3n) is 4.57. The highest BCUT2D eigenvalue weighted by Crippen LogP contribution is 2.24. The maximum absolute atomic E-state index is 12.7. The Morgan fingerprint density at radius 3 is 2.00 bits per heavy atom. The first-order chi connectivity index (χ1) is 11.8. The lowest BCUT2D eigenvalue weighted by Gasteiger charge is -2.27. The summed E-state index contributed by atoms with van der Waals surface area (Å²) in [5.74, 6) is 0.386. The van der Waals surface area contributed by atoms with E-state index in [1.807, 2.05) is 39.0 Å². The molecule has 0 spiro atoms. The van der Waals surface area contributed by atoms with Crippen LogP contribution in [-0.2, 0) is 4.79 Å². The summed E-state index contributed by atoms with van der Waals surface area (Å²) in [5, 5.41) is 6.59. The third kappa shape index (κ3) is 4.93. The fraction of sp³-hybridized carbons (Fsp3) is 0.409. The van der Waals surface area contributed by atoms with Gasteiger partial charge in [0.2, 0.25) is 5.91 Å². The molecule has 1 amide bonds. The Kier molecular flexibility index (Phi) is 6.38. The first kappa shape index (κ1) is 19.2. The van der Waals surface area contributed by atoms with Gasteiger partial charge in [0.25, 0.3) is 0 Å². The first-order valence-electron chi connectivity index (χ1n) is 8.99. The molecule has 2 atom stereocenters. The van der Waals surface area contributed by atoms with Crippen LogP contribution in [-0.4, -0.2) is 11.9 Å². The number of carbonyl (C=O) groups excluding carboxylic acids is 1. The highest BCUT2D eigenvalue weighted by atomic mass is 16.2. The van der Waals surface area contributed by atoms with E-state index >= 15 is 0 Å². The minimum absolute atomic E-state index is 0.00312. The van der Waals surface area contributed by atoms with Gasteiger partial charge in [0.1, 0.15) is 0 Å². The normalized spacial score (nSPS) is 13.6. The average Bonchev–Trinajstić information content (AvgIpc) is 2.55. The van der Waals surface area contributed by atoms with Crippen molar-refractivity contribution >= 4 is 11.6 Å². The van der Waals surface area contributed by atoms with Gasteiger partial charge < -0.3 is 5.32 Å². The number of nitrogens with one attached hydrogen (secondary N) is 2. The van der Waals surface area contributed by atoms with Crippen LogP contribution in [0.5, 0.6) is 0 Å². The molecule has 0 aliphatic heterocycles. The van der Waals surface area contributed by atoms with Crippen LogP contribution in [0, 0.1) is 26.7 Å². The van der Waals surface area contributed by atoms with Gasteiger partial charge >= 0.3 is 0 Å². The summed E-state index contributed by atoms with van der Waals surface area (Å²) in [7, 11) is 0. The number of benzene rings is 2. The van der Waals surface area contributed by atoms with E-state index in [-0.39, 0.29) is 18.0 Å².